The predicted molar refractivity (Wildman–Crippen MR) is 102 cm³/mol. The fourth-order valence-electron chi connectivity index (χ4n) is 4.44. The van der Waals surface area contributed by atoms with E-state index in [9.17, 15) is 9.59 Å². The highest BCUT2D eigenvalue weighted by molar-refractivity contribution is 5.85. The first kappa shape index (κ1) is 20.5. The van der Waals surface area contributed by atoms with Gasteiger partial charge in [0.25, 0.3) is 0 Å². The van der Waals surface area contributed by atoms with Gasteiger partial charge in [-0.25, -0.2) is 0 Å². The van der Waals surface area contributed by atoms with E-state index in [0.29, 0.717) is 24.7 Å². The van der Waals surface area contributed by atoms with Crippen molar-refractivity contribution in [1.82, 2.24) is 15.1 Å². The number of halogens is 1. The number of piperazine rings is 1. The van der Waals surface area contributed by atoms with Crippen LogP contribution in [-0.2, 0) is 9.59 Å². The molecular formula is C19H34ClN3O2. The van der Waals surface area contributed by atoms with Crippen molar-refractivity contribution in [2.24, 2.45) is 11.8 Å². The van der Waals surface area contributed by atoms with Crippen LogP contribution in [0.4, 0.5) is 0 Å². The maximum atomic E-state index is 12.3. The highest BCUT2D eigenvalue weighted by Gasteiger charge is 2.25. The number of nitrogens with one attached hydrogen (secondary N) is 1. The molecule has 6 heteroatoms. The molecule has 0 bridgehead atoms. The lowest BCUT2D eigenvalue weighted by atomic mass is 10.0. The van der Waals surface area contributed by atoms with Crippen LogP contribution in [0, 0.1) is 11.8 Å². The van der Waals surface area contributed by atoms with Crippen LogP contribution in [0.15, 0.2) is 0 Å². The molecule has 0 radical (unpaired) electrons. The van der Waals surface area contributed by atoms with Gasteiger partial charge in [0, 0.05) is 39.0 Å². The largest absolute Gasteiger partial charge is 0.339 e. The van der Waals surface area contributed by atoms with E-state index in [-0.39, 0.29) is 18.3 Å². The quantitative estimate of drug-likeness (QED) is 0.780. The Morgan fingerprint density at radius 1 is 0.800 bits per heavy atom. The molecule has 0 aromatic carbocycles. The second-order valence-electron chi connectivity index (χ2n) is 7.85. The van der Waals surface area contributed by atoms with Gasteiger partial charge in [-0.1, -0.05) is 25.7 Å². The highest BCUT2D eigenvalue weighted by atomic mass is 35.5. The Hall–Kier alpha value is -0.810. The summed E-state index contributed by atoms with van der Waals surface area (Å²) in [5.74, 6) is 2.03. The SMILES string of the molecule is Cl.O=C(CCC1CCCC1)N1CCN(C(=O)CCC2CCNC2)CC1. The van der Waals surface area contributed by atoms with E-state index in [1.165, 1.54) is 32.1 Å². The number of hydrogen-bond acceptors (Lipinski definition) is 3. The average Bonchev–Trinajstić information content (AvgIpc) is 3.31. The standard InChI is InChI=1S/C19H33N3O2.ClH/c23-18(7-5-16-3-1-2-4-16)21-11-13-22(14-12-21)19(24)8-6-17-9-10-20-15-17;/h16-17,20H,1-15H2;1H. The van der Waals surface area contributed by atoms with E-state index in [1.807, 2.05) is 9.80 Å². The van der Waals surface area contributed by atoms with Crippen molar-refractivity contribution in [3.8, 4) is 0 Å². The Morgan fingerprint density at radius 2 is 1.32 bits per heavy atom. The zero-order valence-electron chi connectivity index (χ0n) is 15.4. The summed E-state index contributed by atoms with van der Waals surface area (Å²) >= 11 is 0. The Labute approximate surface area is 158 Å². The summed E-state index contributed by atoms with van der Waals surface area (Å²) < 4.78 is 0. The van der Waals surface area contributed by atoms with Gasteiger partial charge in [0.2, 0.25) is 11.8 Å². The highest BCUT2D eigenvalue weighted by Crippen LogP contribution is 2.28. The molecule has 1 N–H and O–H groups in total. The van der Waals surface area contributed by atoms with Crippen LogP contribution < -0.4 is 5.32 Å². The maximum absolute atomic E-state index is 12.3. The van der Waals surface area contributed by atoms with Crippen LogP contribution in [0.5, 0.6) is 0 Å². The third-order valence-corrected chi connectivity index (χ3v) is 6.16. The topological polar surface area (TPSA) is 52.7 Å². The molecule has 0 spiro atoms. The maximum Gasteiger partial charge on any atom is 0.222 e. The number of nitrogens with zero attached hydrogens (tertiary/aromatic N) is 2. The van der Waals surface area contributed by atoms with E-state index in [0.717, 1.165) is 58.0 Å². The molecule has 0 aromatic heterocycles. The summed E-state index contributed by atoms with van der Waals surface area (Å²) in [7, 11) is 0. The molecule has 2 aliphatic heterocycles. The van der Waals surface area contributed by atoms with E-state index in [2.05, 4.69) is 5.32 Å². The molecule has 2 amide bonds. The van der Waals surface area contributed by atoms with Gasteiger partial charge in [0.1, 0.15) is 0 Å². The number of hydrogen-bond donors (Lipinski definition) is 1. The average molecular weight is 372 g/mol. The molecule has 1 aliphatic carbocycles. The molecule has 1 unspecified atom stereocenters. The van der Waals surface area contributed by atoms with Crippen molar-refractivity contribution in [2.45, 2.75) is 57.8 Å². The van der Waals surface area contributed by atoms with Crippen molar-refractivity contribution in [1.29, 1.82) is 0 Å². The van der Waals surface area contributed by atoms with Crippen molar-refractivity contribution in [3.63, 3.8) is 0 Å². The lowest BCUT2D eigenvalue weighted by molar-refractivity contribution is -0.139. The smallest absolute Gasteiger partial charge is 0.222 e. The van der Waals surface area contributed by atoms with E-state index < -0.39 is 0 Å². The molecule has 25 heavy (non-hydrogen) atoms. The van der Waals surface area contributed by atoms with Gasteiger partial charge < -0.3 is 15.1 Å². The molecule has 3 aliphatic rings. The molecule has 2 saturated heterocycles. The summed E-state index contributed by atoms with van der Waals surface area (Å²) in [6, 6.07) is 0. The van der Waals surface area contributed by atoms with Gasteiger partial charge in [-0.2, -0.15) is 0 Å². The molecule has 144 valence electrons. The Morgan fingerprint density at radius 3 is 1.80 bits per heavy atom. The van der Waals surface area contributed by atoms with Gasteiger partial charge in [-0.15, -0.1) is 12.4 Å². The summed E-state index contributed by atoms with van der Waals surface area (Å²) in [5.41, 5.74) is 0. The molecule has 1 atom stereocenters. The lowest BCUT2D eigenvalue weighted by Crippen LogP contribution is -2.50. The zero-order chi connectivity index (χ0) is 16.8. The van der Waals surface area contributed by atoms with E-state index in [4.69, 9.17) is 0 Å². The first-order chi connectivity index (χ1) is 11.7. The Bertz CT molecular complexity index is 386. The predicted octanol–water partition coefficient (Wildman–Crippen LogP) is 2.44. The van der Waals surface area contributed by atoms with Gasteiger partial charge in [-0.05, 0) is 44.2 Å². The van der Waals surface area contributed by atoms with Gasteiger partial charge in [-0.3, -0.25) is 9.59 Å². The van der Waals surface area contributed by atoms with Gasteiger partial charge >= 0.3 is 0 Å². The van der Waals surface area contributed by atoms with Crippen molar-refractivity contribution < 1.29 is 9.59 Å². The summed E-state index contributed by atoms with van der Waals surface area (Å²) in [5, 5.41) is 3.36. The number of amides is 2. The second-order valence-corrected chi connectivity index (χ2v) is 7.85. The molecule has 2 heterocycles. The summed E-state index contributed by atoms with van der Waals surface area (Å²) in [6.45, 7) is 5.05. The van der Waals surface area contributed by atoms with Crippen LogP contribution in [0.1, 0.15) is 57.8 Å². The van der Waals surface area contributed by atoms with Crippen LogP contribution in [0.3, 0.4) is 0 Å². The lowest BCUT2D eigenvalue weighted by Gasteiger charge is -2.35. The van der Waals surface area contributed by atoms with E-state index in [1.54, 1.807) is 0 Å². The molecular weight excluding hydrogens is 338 g/mol. The zero-order valence-corrected chi connectivity index (χ0v) is 16.2. The first-order valence-corrected chi connectivity index (χ1v) is 9.98. The minimum atomic E-state index is 0. The molecule has 5 nitrogen and oxygen atoms in total. The fraction of sp³-hybridized carbons (Fsp3) is 0.895. The second kappa shape index (κ2) is 10.4. The number of carbonyl (C=O) groups is 2. The number of carbonyl (C=O) groups excluding carboxylic acids is 2. The van der Waals surface area contributed by atoms with Crippen molar-refractivity contribution in [2.75, 3.05) is 39.3 Å². The van der Waals surface area contributed by atoms with Crippen LogP contribution in [-0.4, -0.2) is 60.9 Å². The Kier molecular flexibility index (Phi) is 8.50. The monoisotopic (exact) mass is 371 g/mol. The minimum Gasteiger partial charge on any atom is -0.339 e. The molecule has 3 rings (SSSR count). The van der Waals surface area contributed by atoms with Crippen molar-refractivity contribution in [3.05, 3.63) is 0 Å². The first-order valence-electron chi connectivity index (χ1n) is 9.98. The molecule has 1 saturated carbocycles. The van der Waals surface area contributed by atoms with Gasteiger partial charge in [0.15, 0.2) is 0 Å². The molecule has 3 fully saturated rings. The third-order valence-electron chi connectivity index (χ3n) is 6.16. The third kappa shape index (κ3) is 6.14. The van der Waals surface area contributed by atoms with Gasteiger partial charge in [0.05, 0.1) is 0 Å². The molecule has 0 aromatic rings. The van der Waals surface area contributed by atoms with Crippen LogP contribution in [0.25, 0.3) is 0 Å². The van der Waals surface area contributed by atoms with Crippen molar-refractivity contribution >= 4 is 24.2 Å². The fourth-order valence-corrected chi connectivity index (χ4v) is 4.44. The summed E-state index contributed by atoms with van der Waals surface area (Å²) in [6.07, 6.45) is 9.96. The van der Waals surface area contributed by atoms with E-state index >= 15 is 0 Å². The number of rotatable bonds is 6. The van der Waals surface area contributed by atoms with Crippen LogP contribution in [0.2, 0.25) is 0 Å². The van der Waals surface area contributed by atoms with Crippen LogP contribution >= 0.6 is 12.4 Å². The summed E-state index contributed by atoms with van der Waals surface area (Å²) in [4.78, 5) is 28.6. The Balaban J connectivity index is 0.00000225. The normalized spacial score (nSPS) is 24.4. The minimum absolute atomic E-state index is 0.